The first kappa shape index (κ1) is 16.7. The Labute approximate surface area is 152 Å². The summed E-state index contributed by atoms with van der Waals surface area (Å²) in [6.07, 6.45) is 7.02. The zero-order chi connectivity index (χ0) is 16.9. The molecule has 0 aliphatic heterocycles. The van der Waals surface area contributed by atoms with E-state index in [2.05, 4.69) is 20.9 Å². The van der Waals surface area contributed by atoms with E-state index in [4.69, 9.17) is 4.74 Å². The van der Waals surface area contributed by atoms with Crippen LogP contribution >= 0.6 is 27.3 Å². The van der Waals surface area contributed by atoms with E-state index in [-0.39, 0.29) is 5.78 Å². The molecule has 3 rings (SSSR count). The summed E-state index contributed by atoms with van der Waals surface area (Å²) in [5.74, 6) is 1.52. The van der Waals surface area contributed by atoms with Crippen LogP contribution in [0.2, 0.25) is 0 Å². The van der Waals surface area contributed by atoms with E-state index < -0.39 is 0 Å². The van der Waals surface area contributed by atoms with Crippen LogP contribution in [0.4, 0.5) is 0 Å². The van der Waals surface area contributed by atoms with Gasteiger partial charge in [-0.05, 0) is 58.4 Å². The minimum atomic E-state index is -0.0322. The number of nitrogens with zero attached hydrogens (tertiary/aromatic N) is 2. The zero-order valence-electron chi connectivity index (χ0n) is 13.0. The average Bonchev–Trinajstić information content (AvgIpc) is 3.19. The molecule has 0 saturated heterocycles. The van der Waals surface area contributed by atoms with E-state index >= 15 is 0 Å². The molecule has 0 bridgehead atoms. The summed E-state index contributed by atoms with van der Waals surface area (Å²) in [4.78, 5) is 17.4. The molecule has 0 saturated carbocycles. The highest BCUT2D eigenvalue weighted by Gasteiger charge is 2.04. The number of rotatable bonds is 6. The van der Waals surface area contributed by atoms with Crippen molar-refractivity contribution in [3.05, 3.63) is 74.9 Å². The number of imidazole rings is 1. The van der Waals surface area contributed by atoms with Gasteiger partial charge in [0.2, 0.25) is 0 Å². The highest BCUT2D eigenvalue weighted by Crippen LogP contribution is 2.21. The van der Waals surface area contributed by atoms with Gasteiger partial charge in [-0.15, -0.1) is 11.3 Å². The summed E-state index contributed by atoms with van der Waals surface area (Å²) in [5.41, 5.74) is 0.631. The quantitative estimate of drug-likeness (QED) is 0.442. The predicted octanol–water partition coefficient (Wildman–Crippen LogP) is 4.72. The molecular weight excluding hydrogens is 388 g/mol. The van der Waals surface area contributed by atoms with Gasteiger partial charge in [-0.1, -0.05) is 0 Å². The molecule has 122 valence electrons. The van der Waals surface area contributed by atoms with Crippen molar-refractivity contribution in [2.24, 2.45) is 7.05 Å². The van der Waals surface area contributed by atoms with Gasteiger partial charge in [0.15, 0.2) is 5.78 Å². The molecule has 4 nitrogen and oxygen atoms in total. The van der Waals surface area contributed by atoms with Crippen LogP contribution in [-0.2, 0) is 13.7 Å². The maximum Gasteiger partial charge on any atom is 0.185 e. The number of aromatic nitrogens is 2. The lowest BCUT2D eigenvalue weighted by atomic mass is 10.1. The number of ether oxygens (including phenoxy) is 1. The fourth-order valence-corrected chi connectivity index (χ4v) is 3.41. The molecule has 24 heavy (non-hydrogen) atoms. The van der Waals surface area contributed by atoms with Crippen LogP contribution in [0.25, 0.3) is 6.08 Å². The van der Waals surface area contributed by atoms with E-state index in [1.165, 1.54) is 0 Å². The third kappa shape index (κ3) is 4.21. The standard InChI is InChI=1S/C18H15BrN2O2S/c1-21-9-8-20-18(21)11-23-15-4-2-13(3-5-15)17(22)7-6-16-10-14(19)12-24-16/h2-10,12H,11H2,1H3. The molecule has 2 heterocycles. The molecule has 0 aliphatic carbocycles. The van der Waals surface area contributed by atoms with E-state index in [0.717, 1.165) is 15.2 Å². The number of benzene rings is 1. The number of carbonyl (C=O) groups excluding carboxylic acids is 1. The van der Waals surface area contributed by atoms with Gasteiger partial charge >= 0.3 is 0 Å². The summed E-state index contributed by atoms with van der Waals surface area (Å²) >= 11 is 4.98. The van der Waals surface area contributed by atoms with Crippen molar-refractivity contribution in [3.8, 4) is 5.75 Å². The number of ketones is 1. The number of halogens is 1. The number of thiophene rings is 1. The van der Waals surface area contributed by atoms with Crippen LogP contribution < -0.4 is 4.74 Å². The zero-order valence-corrected chi connectivity index (χ0v) is 15.4. The molecule has 0 N–H and O–H groups in total. The minimum Gasteiger partial charge on any atom is -0.486 e. The first-order valence-electron chi connectivity index (χ1n) is 7.27. The van der Waals surface area contributed by atoms with Crippen molar-refractivity contribution in [2.75, 3.05) is 0 Å². The summed E-state index contributed by atoms with van der Waals surface area (Å²) in [7, 11) is 1.92. The highest BCUT2D eigenvalue weighted by atomic mass is 79.9. The molecule has 0 fully saturated rings. The molecule has 6 heteroatoms. The fourth-order valence-electron chi connectivity index (χ4n) is 2.07. The van der Waals surface area contributed by atoms with E-state index in [1.54, 1.807) is 47.9 Å². The van der Waals surface area contributed by atoms with Crippen LogP contribution in [0.1, 0.15) is 21.1 Å². The second-order valence-electron chi connectivity index (χ2n) is 5.13. The first-order chi connectivity index (χ1) is 11.6. The maximum atomic E-state index is 12.2. The molecule has 0 aliphatic rings. The van der Waals surface area contributed by atoms with Crippen molar-refractivity contribution in [3.63, 3.8) is 0 Å². The van der Waals surface area contributed by atoms with Crippen LogP contribution in [-0.4, -0.2) is 15.3 Å². The molecule has 0 unspecified atom stereocenters. The lowest BCUT2D eigenvalue weighted by Gasteiger charge is -2.06. The molecule has 0 radical (unpaired) electrons. The Kier molecular flexibility index (Phi) is 5.27. The van der Waals surface area contributed by atoms with Crippen LogP contribution in [0.5, 0.6) is 5.75 Å². The van der Waals surface area contributed by atoms with Crippen molar-refractivity contribution in [1.29, 1.82) is 0 Å². The summed E-state index contributed by atoms with van der Waals surface area (Å²) in [6.45, 7) is 0.393. The van der Waals surface area contributed by atoms with Gasteiger partial charge in [-0.25, -0.2) is 4.98 Å². The van der Waals surface area contributed by atoms with Crippen molar-refractivity contribution in [2.45, 2.75) is 6.61 Å². The van der Waals surface area contributed by atoms with Crippen molar-refractivity contribution >= 4 is 39.1 Å². The normalized spacial score (nSPS) is 11.1. The second-order valence-corrected chi connectivity index (χ2v) is 6.99. The van der Waals surface area contributed by atoms with E-state index in [0.29, 0.717) is 17.9 Å². The van der Waals surface area contributed by atoms with Gasteiger partial charge in [0, 0.05) is 39.7 Å². The predicted molar refractivity (Wildman–Crippen MR) is 99.4 cm³/mol. The topological polar surface area (TPSA) is 44.1 Å². The summed E-state index contributed by atoms with van der Waals surface area (Å²) < 4.78 is 8.61. The largest absolute Gasteiger partial charge is 0.486 e. The Balaban J connectivity index is 1.60. The Bertz CT molecular complexity index is 865. The van der Waals surface area contributed by atoms with Gasteiger partial charge in [0.1, 0.15) is 18.2 Å². The first-order valence-corrected chi connectivity index (χ1v) is 8.94. The maximum absolute atomic E-state index is 12.2. The smallest absolute Gasteiger partial charge is 0.185 e. The summed E-state index contributed by atoms with van der Waals surface area (Å²) in [6, 6.07) is 9.11. The molecular formula is C18H15BrN2O2S. The lowest BCUT2D eigenvalue weighted by Crippen LogP contribution is -2.03. The van der Waals surface area contributed by atoms with Gasteiger partial charge < -0.3 is 9.30 Å². The Morgan fingerprint density at radius 1 is 1.38 bits per heavy atom. The lowest BCUT2D eigenvalue weighted by molar-refractivity contribution is 0.104. The summed E-state index contributed by atoms with van der Waals surface area (Å²) in [5, 5.41) is 1.98. The molecule has 1 aromatic carbocycles. The highest BCUT2D eigenvalue weighted by molar-refractivity contribution is 9.10. The van der Waals surface area contributed by atoms with Crippen molar-refractivity contribution in [1.82, 2.24) is 9.55 Å². The van der Waals surface area contributed by atoms with Gasteiger partial charge in [0.25, 0.3) is 0 Å². The second kappa shape index (κ2) is 7.59. The molecule has 2 aromatic heterocycles. The Morgan fingerprint density at radius 2 is 2.17 bits per heavy atom. The number of aryl methyl sites for hydroxylation is 1. The van der Waals surface area contributed by atoms with Crippen LogP contribution in [0, 0.1) is 0 Å². The molecule has 3 aromatic rings. The third-order valence-corrected chi connectivity index (χ3v) is 5.07. The number of allylic oxidation sites excluding steroid dienone is 1. The molecule has 0 atom stereocenters. The molecule has 0 spiro atoms. The van der Waals surface area contributed by atoms with Crippen molar-refractivity contribution < 1.29 is 9.53 Å². The minimum absolute atomic E-state index is 0.0322. The third-order valence-electron chi connectivity index (χ3n) is 3.41. The van der Waals surface area contributed by atoms with E-state index in [9.17, 15) is 4.79 Å². The Hall–Kier alpha value is -2.18. The van der Waals surface area contributed by atoms with Crippen LogP contribution in [0.15, 0.2) is 58.7 Å². The van der Waals surface area contributed by atoms with Gasteiger partial charge in [-0.3, -0.25) is 4.79 Å². The van der Waals surface area contributed by atoms with Gasteiger partial charge in [-0.2, -0.15) is 0 Å². The number of carbonyl (C=O) groups is 1. The fraction of sp³-hybridized carbons (Fsp3) is 0.111. The number of hydrogen-bond acceptors (Lipinski definition) is 4. The Morgan fingerprint density at radius 3 is 2.79 bits per heavy atom. The average molecular weight is 403 g/mol. The SMILES string of the molecule is Cn1ccnc1COc1ccc(C(=O)C=Cc2cc(Br)cs2)cc1. The van der Waals surface area contributed by atoms with E-state index in [1.807, 2.05) is 35.3 Å². The molecule has 0 amide bonds. The van der Waals surface area contributed by atoms with Crippen LogP contribution in [0.3, 0.4) is 0 Å². The number of hydrogen-bond donors (Lipinski definition) is 0. The van der Waals surface area contributed by atoms with Gasteiger partial charge in [0.05, 0.1) is 0 Å². The monoisotopic (exact) mass is 402 g/mol.